The van der Waals surface area contributed by atoms with Crippen molar-refractivity contribution in [2.24, 2.45) is 4.99 Å². The zero-order valence-electron chi connectivity index (χ0n) is 7.46. The summed E-state index contributed by atoms with van der Waals surface area (Å²) in [5.41, 5.74) is 0. The van der Waals surface area contributed by atoms with Crippen LogP contribution in [-0.4, -0.2) is 37.8 Å². The second-order valence-corrected chi connectivity index (χ2v) is 2.85. The molecule has 2 nitrogen and oxygen atoms in total. The topological polar surface area (TPSA) is 15.6 Å². The molecule has 0 rings (SSSR count). The fourth-order valence-corrected chi connectivity index (χ4v) is 0.774. The van der Waals surface area contributed by atoms with Crippen LogP contribution in [-0.2, 0) is 0 Å². The van der Waals surface area contributed by atoms with Gasteiger partial charge in [-0.2, -0.15) is 0 Å². The summed E-state index contributed by atoms with van der Waals surface area (Å²) in [4.78, 5) is 6.43. The van der Waals surface area contributed by atoms with Crippen LogP contribution in [0, 0.1) is 0 Å². The van der Waals surface area contributed by atoms with E-state index in [2.05, 4.69) is 30.9 Å². The Bertz CT molecular complexity index is 97.4. The van der Waals surface area contributed by atoms with E-state index in [1.54, 1.807) is 0 Å². The Balaban J connectivity index is 3.30. The first-order valence-electron chi connectivity index (χ1n) is 3.79. The van der Waals surface area contributed by atoms with Crippen LogP contribution in [0.3, 0.4) is 0 Å². The van der Waals surface area contributed by atoms with Crippen LogP contribution < -0.4 is 0 Å². The normalized spacial score (nSPS) is 14.9. The zero-order chi connectivity index (χ0) is 7.98. The van der Waals surface area contributed by atoms with E-state index >= 15 is 0 Å². The molecule has 0 bridgehead atoms. The molecule has 60 valence electrons. The Hall–Kier alpha value is -0.370. The molecule has 0 saturated carbocycles. The first-order valence-corrected chi connectivity index (χ1v) is 3.79. The maximum Gasteiger partial charge on any atom is 0.0479 e. The van der Waals surface area contributed by atoms with Gasteiger partial charge >= 0.3 is 0 Å². The van der Waals surface area contributed by atoms with E-state index in [4.69, 9.17) is 0 Å². The molecule has 0 aromatic rings. The maximum absolute atomic E-state index is 4.24. The third kappa shape index (κ3) is 5.76. The third-order valence-electron chi connectivity index (χ3n) is 1.40. The fourth-order valence-electron chi connectivity index (χ4n) is 0.774. The Kier molecular flexibility index (Phi) is 5.22. The molecular weight excluding hydrogens is 124 g/mol. The van der Waals surface area contributed by atoms with E-state index in [1.807, 2.05) is 13.1 Å². The average molecular weight is 142 g/mol. The predicted molar refractivity (Wildman–Crippen MR) is 46.8 cm³/mol. The highest BCUT2D eigenvalue weighted by atomic mass is 15.0. The van der Waals surface area contributed by atoms with Gasteiger partial charge in [-0.3, -0.25) is 4.99 Å². The summed E-state index contributed by atoms with van der Waals surface area (Å²) in [5.74, 6) is 0. The van der Waals surface area contributed by atoms with Crippen molar-refractivity contribution < 1.29 is 0 Å². The zero-order valence-corrected chi connectivity index (χ0v) is 7.46. The molecule has 0 heterocycles. The molecule has 0 spiro atoms. The molecule has 0 aromatic carbocycles. The summed E-state index contributed by atoms with van der Waals surface area (Å²) >= 11 is 0. The standard InChI is InChI=1S/C8H18N2/c1-5-9-8(2)6-7-10(3)4/h5,8H,6-7H2,1-4H3. The SMILES string of the molecule is CC=NC(C)CCN(C)C. The molecule has 0 amide bonds. The second kappa shape index (κ2) is 5.42. The maximum atomic E-state index is 4.24. The van der Waals surface area contributed by atoms with Crippen LogP contribution in [0.4, 0.5) is 0 Å². The van der Waals surface area contributed by atoms with Crippen molar-refractivity contribution in [3.05, 3.63) is 0 Å². The van der Waals surface area contributed by atoms with Crippen LogP contribution in [0.5, 0.6) is 0 Å². The summed E-state index contributed by atoms with van der Waals surface area (Å²) < 4.78 is 0. The van der Waals surface area contributed by atoms with Gasteiger partial charge in [0, 0.05) is 6.04 Å². The minimum absolute atomic E-state index is 0.479. The van der Waals surface area contributed by atoms with Crippen molar-refractivity contribution in [2.45, 2.75) is 26.3 Å². The van der Waals surface area contributed by atoms with E-state index in [0.29, 0.717) is 6.04 Å². The van der Waals surface area contributed by atoms with Gasteiger partial charge in [-0.1, -0.05) is 0 Å². The van der Waals surface area contributed by atoms with Crippen LogP contribution in [0.25, 0.3) is 0 Å². The van der Waals surface area contributed by atoms with Gasteiger partial charge in [-0.05, 0) is 47.1 Å². The molecule has 0 aliphatic heterocycles. The summed E-state index contributed by atoms with van der Waals surface area (Å²) in [7, 11) is 4.17. The molecule has 0 radical (unpaired) electrons. The minimum atomic E-state index is 0.479. The van der Waals surface area contributed by atoms with Crippen LogP contribution >= 0.6 is 0 Å². The number of nitrogens with zero attached hydrogens (tertiary/aromatic N) is 2. The van der Waals surface area contributed by atoms with Crippen LogP contribution in [0.2, 0.25) is 0 Å². The van der Waals surface area contributed by atoms with Gasteiger partial charge in [0.1, 0.15) is 0 Å². The molecular formula is C8H18N2. The molecule has 1 atom stereocenters. The molecule has 0 saturated heterocycles. The highest BCUT2D eigenvalue weighted by molar-refractivity contribution is 5.53. The van der Waals surface area contributed by atoms with Gasteiger partial charge in [0.2, 0.25) is 0 Å². The number of hydrogen-bond acceptors (Lipinski definition) is 2. The van der Waals surface area contributed by atoms with Gasteiger partial charge in [-0.25, -0.2) is 0 Å². The van der Waals surface area contributed by atoms with E-state index in [0.717, 1.165) is 13.0 Å². The van der Waals surface area contributed by atoms with Crippen molar-refractivity contribution in [3.63, 3.8) is 0 Å². The predicted octanol–water partition coefficient (Wildman–Crippen LogP) is 1.42. The average Bonchev–Trinajstić information content (AvgIpc) is 1.85. The van der Waals surface area contributed by atoms with E-state index < -0.39 is 0 Å². The minimum Gasteiger partial charge on any atom is -0.309 e. The highest BCUT2D eigenvalue weighted by Crippen LogP contribution is 1.95. The molecule has 2 heteroatoms. The van der Waals surface area contributed by atoms with Gasteiger partial charge in [0.05, 0.1) is 0 Å². The number of hydrogen-bond donors (Lipinski definition) is 0. The third-order valence-corrected chi connectivity index (χ3v) is 1.40. The Morgan fingerprint density at radius 2 is 2.10 bits per heavy atom. The summed E-state index contributed by atoms with van der Waals surface area (Å²) in [6, 6.07) is 0.479. The Morgan fingerprint density at radius 1 is 1.50 bits per heavy atom. The first kappa shape index (κ1) is 9.63. The fraction of sp³-hybridized carbons (Fsp3) is 0.875. The highest BCUT2D eigenvalue weighted by Gasteiger charge is 1.97. The van der Waals surface area contributed by atoms with Gasteiger partial charge in [0.25, 0.3) is 0 Å². The Labute approximate surface area is 63.9 Å². The van der Waals surface area contributed by atoms with E-state index in [-0.39, 0.29) is 0 Å². The number of rotatable bonds is 4. The molecule has 0 N–H and O–H groups in total. The van der Waals surface area contributed by atoms with Crippen LogP contribution in [0.1, 0.15) is 20.3 Å². The van der Waals surface area contributed by atoms with Gasteiger partial charge in [-0.15, -0.1) is 0 Å². The van der Waals surface area contributed by atoms with Crippen molar-refractivity contribution in [2.75, 3.05) is 20.6 Å². The molecule has 0 aliphatic rings. The van der Waals surface area contributed by atoms with Crippen molar-refractivity contribution >= 4 is 6.21 Å². The largest absolute Gasteiger partial charge is 0.309 e. The monoisotopic (exact) mass is 142 g/mol. The lowest BCUT2D eigenvalue weighted by atomic mass is 10.2. The van der Waals surface area contributed by atoms with Gasteiger partial charge < -0.3 is 4.90 Å². The summed E-state index contributed by atoms with van der Waals surface area (Å²) in [6.07, 6.45) is 3.03. The molecule has 1 unspecified atom stereocenters. The smallest absolute Gasteiger partial charge is 0.0479 e. The lowest BCUT2D eigenvalue weighted by Crippen LogP contribution is -2.16. The van der Waals surface area contributed by atoms with Gasteiger partial charge in [0.15, 0.2) is 0 Å². The van der Waals surface area contributed by atoms with E-state index in [9.17, 15) is 0 Å². The molecule has 0 aliphatic carbocycles. The number of aliphatic imine (C=N–C) groups is 1. The van der Waals surface area contributed by atoms with Crippen molar-refractivity contribution in [3.8, 4) is 0 Å². The second-order valence-electron chi connectivity index (χ2n) is 2.85. The lowest BCUT2D eigenvalue weighted by molar-refractivity contribution is 0.386. The lowest BCUT2D eigenvalue weighted by Gasteiger charge is -2.10. The van der Waals surface area contributed by atoms with E-state index in [1.165, 1.54) is 0 Å². The molecule has 10 heavy (non-hydrogen) atoms. The summed E-state index contributed by atoms with van der Waals surface area (Å²) in [6.45, 7) is 5.23. The first-order chi connectivity index (χ1) is 4.66. The van der Waals surface area contributed by atoms with Crippen LogP contribution in [0.15, 0.2) is 4.99 Å². The van der Waals surface area contributed by atoms with Crippen molar-refractivity contribution in [1.29, 1.82) is 0 Å². The molecule has 0 fully saturated rings. The van der Waals surface area contributed by atoms with Crippen molar-refractivity contribution in [1.82, 2.24) is 4.90 Å². The Morgan fingerprint density at radius 3 is 2.50 bits per heavy atom. The molecule has 0 aromatic heterocycles. The summed E-state index contributed by atoms with van der Waals surface area (Å²) in [5, 5.41) is 0. The quantitative estimate of drug-likeness (QED) is 0.542.